The molecule has 0 aliphatic carbocycles. The average Bonchev–Trinajstić information content (AvgIpc) is 2.70. The minimum atomic E-state index is 0.379. The fourth-order valence-corrected chi connectivity index (χ4v) is 2.84. The van der Waals surface area contributed by atoms with Crippen LogP contribution in [0.1, 0.15) is 25.0 Å². The van der Waals surface area contributed by atoms with Gasteiger partial charge in [0.15, 0.2) is 17.5 Å². The number of aryl methyl sites for hydroxylation is 1. The summed E-state index contributed by atoms with van der Waals surface area (Å²) in [4.78, 5) is 6.73. The smallest absolute Gasteiger partial charge is 0.193 e. The van der Waals surface area contributed by atoms with E-state index < -0.39 is 0 Å². The first-order valence-electron chi connectivity index (χ1n) is 9.71. The number of ether oxygens (including phenoxy) is 2. The standard InChI is InChI=1S/C22H32N4O2/c1-5-26(6-2)12-13-28-20-11-10-18(15-21(20)27-4)16-24-22(23)25-19-9-7-8-17(3)14-19/h7-11,14-15H,5-6,12-13,16H2,1-4H3,(H3,23,24,25). The zero-order valence-electron chi connectivity index (χ0n) is 17.4. The van der Waals surface area contributed by atoms with Gasteiger partial charge in [0.2, 0.25) is 0 Å². The molecule has 0 aliphatic rings. The Labute approximate surface area is 168 Å². The predicted octanol–water partition coefficient (Wildman–Crippen LogP) is 3.65. The van der Waals surface area contributed by atoms with Gasteiger partial charge in [0.05, 0.1) is 13.7 Å². The highest BCUT2D eigenvalue weighted by Gasteiger charge is 2.07. The molecule has 28 heavy (non-hydrogen) atoms. The molecular formula is C22H32N4O2. The van der Waals surface area contributed by atoms with Gasteiger partial charge in [-0.05, 0) is 55.4 Å². The SMILES string of the molecule is CCN(CC)CCOc1ccc(CN=C(N)Nc2cccc(C)c2)cc1OC. The fraction of sp³-hybridized carbons (Fsp3) is 0.409. The summed E-state index contributed by atoms with van der Waals surface area (Å²) in [6, 6.07) is 13.9. The van der Waals surface area contributed by atoms with E-state index in [1.54, 1.807) is 7.11 Å². The number of aliphatic imine (C=N–C) groups is 1. The number of guanidine groups is 1. The van der Waals surface area contributed by atoms with Crippen LogP contribution in [-0.4, -0.2) is 44.2 Å². The van der Waals surface area contributed by atoms with Crippen molar-refractivity contribution in [1.82, 2.24) is 4.90 Å². The van der Waals surface area contributed by atoms with Crippen LogP contribution in [0, 0.1) is 6.92 Å². The largest absolute Gasteiger partial charge is 0.493 e. The number of rotatable bonds is 10. The molecule has 0 heterocycles. The van der Waals surface area contributed by atoms with E-state index in [-0.39, 0.29) is 0 Å². The van der Waals surface area contributed by atoms with Crippen molar-refractivity contribution in [3.05, 3.63) is 53.6 Å². The first kappa shape index (κ1) is 21.6. The lowest BCUT2D eigenvalue weighted by molar-refractivity contribution is 0.217. The summed E-state index contributed by atoms with van der Waals surface area (Å²) in [5.74, 6) is 1.83. The molecule has 0 spiro atoms. The van der Waals surface area contributed by atoms with E-state index in [0.717, 1.165) is 36.6 Å². The van der Waals surface area contributed by atoms with Gasteiger partial charge in [-0.1, -0.05) is 32.0 Å². The van der Waals surface area contributed by atoms with Gasteiger partial charge in [-0.3, -0.25) is 0 Å². The van der Waals surface area contributed by atoms with Crippen molar-refractivity contribution in [2.45, 2.75) is 27.3 Å². The first-order valence-corrected chi connectivity index (χ1v) is 9.71. The maximum atomic E-state index is 6.00. The summed E-state index contributed by atoms with van der Waals surface area (Å²) >= 11 is 0. The van der Waals surface area contributed by atoms with Gasteiger partial charge in [-0.25, -0.2) is 4.99 Å². The number of anilines is 1. The number of likely N-dealkylation sites (N-methyl/N-ethyl adjacent to an activating group) is 1. The van der Waals surface area contributed by atoms with Gasteiger partial charge in [0, 0.05) is 12.2 Å². The third-order valence-corrected chi connectivity index (χ3v) is 4.51. The van der Waals surface area contributed by atoms with Gasteiger partial charge < -0.3 is 25.4 Å². The maximum Gasteiger partial charge on any atom is 0.193 e. The highest BCUT2D eigenvalue weighted by atomic mass is 16.5. The molecule has 0 fully saturated rings. The number of nitrogens with zero attached hydrogens (tertiary/aromatic N) is 2. The molecule has 0 bridgehead atoms. The Balaban J connectivity index is 1.95. The van der Waals surface area contributed by atoms with Gasteiger partial charge in [0.25, 0.3) is 0 Å². The van der Waals surface area contributed by atoms with E-state index in [1.807, 2.05) is 49.4 Å². The number of benzene rings is 2. The van der Waals surface area contributed by atoms with Crippen LogP contribution in [0.25, 0.3) is 0 Å². The molecule has 0 unspecified atom stereocenters. The number of nitrogens with one attached hydrogen (secondary N) is 1. The zero-order valence-corrected chi connectivity index (χ0v) is 17.4. The number of nitrogens with two attached hydrogens (primary N) is 1. The van der Waals surface area contributed by atoms with Crippen molar-refractivity contribution in [3.8, 4) is 11.5 Å². The van der Waals surface area contributed by atoms with Gasteiger partial charge in [0.1, 0.15) is 6.61 Å². The Kier molecular flexibility index (Phi) is 8.62. The molecule has 0 saturated heterocycles. The highest BCUT2D eigenvalue weighted by molar-refractivity contribution is 5.92. The van der Waals surface area contributed by atoms with Crippen molar-refractivity contribution in [1.29, 1.82) is 0 Å². The van der Waals surface area contributed by atoms with E-state index in [0.29, 0.717) is 24.9 Å². The van der Waals surface area contributed by atoms with Gasteiger partial charge in [-0.2, -0.15) is 0 Å². The van der Waals surface area contributed by atoms with E-state index in [4.69, 9.17) is 15.2 Å². The molecular weight excluding hydrogens is 352 g/mol. The Morgan fingerprint density at radius 1 is 1.11 bits per heavy atom. The number of methoxy groups -OCH3 is 1. The average molecular weight is 385 g/mol. The maximum absolute atomic E-state index is 6.00. The first-order chi connectivity index (χ1) is 13.5. The summed E-state index contributed by atoms with van der Waals surface area (Å²) in [5.41, 5.74) is 9.10. The summed E-state index contributed by atoms with van der Waals surface area (Å²) < 4.78 is 11.4. The third-order valence-electron chi connectivity index (χ3n) is 4.51. The summed E-state index contributed by atoms with van der Waals surface area (Å²) in [7, 11) is 1.65. The molecule has 6 nitrogen and oxygen atoms in total. The monoisotopic (exact) mass is 384 g/mol. The minimum absolute atomic E-state index is 0.379. The molecule has 0 radical (unpaired) electrons. The molecule has 0 amide bonds. The summed E-state index contributed by atoms with van der Waals surface area (Å²) in [6.45, 7) is 10.4. The topological polar surface area (TPSA) is 72.1 Å². The molecule has 0 atom stereocenters. The van der Waals surface area contributed by atoms with Crippen molar-refractivity contribution < 1.29 is 9.47 Å². The summed E-state index contributed by atoms with van der Waals surface area (Å²) in [6.07, 6.45) is 0. The van der Waals surface area contributed by atoms with Crippen LogP contribution in [0.5, 0.6) is 11.5 Å². The lowest BCUT2D eigenvalue weighted by Crippen LogP contribution is -2.27. The van der Waals surface area contributed by atoms with Crippen molar-refractivity contribution in [3.63, 3.8) is 0 Å². The minimum Gasteiger partial charge on any atom is -0.493 e. The molecule has 0 saturated carbocycles. The number of hydrogen-bond donors (Lipinski definition) is 2. The van der Waals surface area contributed by atoms with E-state index in [2.05, 4.69) is 29.1 Å². The van der Waals surface area contributed by atoms with Crippen LogP contribution in [0.2, 0.25) is 0 Å². The molecule has 2 rings (SSSR count). The van der Waals surface area contributed by atoms with Gasteiger partial charge >= 0.3 is 0 Å². The second kappa shape index (κ2) is 11.2. The Bertz CT molecular complexity index is 773. The van der Waals surface area contributed by atoms with E-state index in [9.17, 15) is 0 Å². The zero-order chi connectivity index (χ0) is 20.4. The van der Waals surface area contributed by atoms with Crippen LogP contribution in [0.15, 0.2) is 47.5 Å². The molecule has 6 heteroatoms. The fourth-order valence-electron chi connectivity index (χ4n) is 2.84. The van der Waals surface area contributed by atoms with Crippen LogP contribution >= 0.6 is 0 Å². The second-order valence-electron chi connectivity index (χ2n) is 6.56. The van der Waals surface area contributed by atoms with Gasteiger partial charge in [-0.15, -0.1) is 0 Å². The quantitative estimate of drug-likeness (QED) is 0.483. The van der Waals surface area contributed by atoms with E-state index >= 15 is 0 Å². The molecule has 152 valence electrons. The Hall–Kier alpha value is -2.73. The number of hydrogen-bond acceptors (Lipinski definition) is 4. The van der Waals surface area contributed by atoms with Crippen LogP contribution in [0.3, 0.4) is 0 Å². The molecule has 0 aliphatic heterocycles. The normalized spacial score (nSPS) is 11.5. The third kappa shape index (κ3) is 6.78. The molecule has 3 N–H and O–H groups in total. The Morgan fingerprint density at radius 2 is 1.89 bits per heavy atom. The molecule has 2 aromatic carbocycles. The lowest BCUT2D eigenvalue weighted by Gasteiger charge is -2.18. The van der Waals surface area contributed by atoms with Crippen molar-refractivity contribution in [2.24, 2.45) is 10.7 Å². The summed E-state index contributed by atoms with van der Waals surface area (Å²) in [5, 5.41) is 3.11. The van der Waals surface area contributed by atoms with Crippen molar-refractivity contribution in [2.75, 3.05) is 38.7 Å². The van der Waals surface area contributed by atoms with Crippen molar-refractivity contribution >= 4 is 11.6 Å². The second-order valence-corrected chi connectivity index (χ2v) is 6.56. The van der Waals surface area contributed by atoms with Crippen LogP contribution < -0.4 is 20.5 Å². The predicted molar refractivity (Wildman–Crippen MR) is 116 cm³/mol. The lowest BCUT2D eigenvalue weighted by atomic mass is 10.2. The molecule has 0 aromatic heterocycles. The van der Waals surface area contributed by atoms with E-state index in [1.165, 1.54) is 5.56 Å². The molecule has 2 aromatic rings. The highest BCUT2D eigenvalue weighted by Crippen LogP contribution is 2.28. The van der Waals surface area contributed by atoms with Crippen LogP contribution in [0.4, 0.5) is 5.69 Å². The van der Waals surface area contributed by atoms with Crippen LogP contribution in [-0.2, 0) is 6.54 Å². The Morgan fingerprint density at radius 3 is 2.57 bits per heavy atom.